The topological polar surface area (TPSA) is 37.8 Å². The maximum Gasteiger partial charge on any atom is 0.0880 e. The van der Waals surface area contributed by atoms with Crippen molar-refractivity contribution in [3.8, 4) is 0 Å². The lowest BCUT2D eigenvalue weighted by Crippen LogP contribution is -2.45. The predicted octanol–water partition coefficient (Wildman–Crippen LogP) is 1.82. The maximum absolute atomic E-state index is 4.15. The first kappa shape index (κ1) is 9.09. The normalized spacial score (nSPS) is 21.4. The van der Waals surface area contributed by atoms with Crippen molar-refractivity contribution < 1.29 is 0 Å². The Balaban J connectivity index is 1.71. The number of nitrogens with one attached hydrogen (secondary N) is 1. The molecular formula is C9H15N3S. The van der Waals surface area contributed by atoms with Gasteiger partial charge in [-0.05, 0) is 18.3 Å². The molecule has 0 atom stereocenters. The molecular weight excluding hydrogens is 182 g/mol. The second-order valence-electron chi connectivity index (χ2n) is 4.55. The Kier molecular flexibility index (Phi) is 2.34. The van der Waals surface area contributed by atoms with Crippen molar-refractivity contribution in [2.75, 3.05) is 0 Å². The lowest BCUT2D eigenvalue weighted by molar-refractivity contribution is 0.125. The standard InChI is InChI=1S/C9H15N3S/c1-9(2)3-7(4-9)10-5-8-6-11-13-12-8/h6-7,10H,3-5H2,1-2H3. The third-order valence-corrected chi connectivity index (χ3v) is 3.09. The van der Waals surface area contributed by atoms with Crippen LogP contribution < -0.4 is 5.32 Å². The van der Waals surface area contributed by atoms with Crippen LogP contribution in [0.15, 0.2) is 6.20 Å². The van der Waals surface area contributed by atoms with E-state index in [0.29, 0.717) is 11.5 Å². The summed E-state index contributed by atoms with van der Waals surface area (Å²) in [5.74, 6) is 0. The Morgan fingerprint density at radius 2 is 2.38 bits per heavy atom. The van der Waals surface area contributed by atoms with Crippen LogP contribution in [0.1, 0.15) is 32.4 Å². The lowest BCUT2D eigenvalue weighted by Gasteiger charge is -2.43. The average Bonchev–Trinajstić information content (AvgIpc) is 2.48. The monoisotopic (exact) mass is 197 g/mol. The molecule has 1 saturated carbocycles. The summed E-state index contributed by atoms with van der Waals surface area (Å²) in [4.78, 5) is 0. The van der Waals surface area contributed by atoms with E-state index in [-0.39, 0.29) is 0 Å². The first-order chi connectivity index (χ1) is 6.16. The van der Waals surface area contributed by atoms with Crippen LogP contribution in [0.25, 0.3) is 0 Å². The van der Waals surface area contributed by atoms with Gasteiger partial charge in [0.2, 0.25) is 0 Å². The predicted molar refractivity (Wildman–Crippen MR) is 53.6 cm³/mol. The van der Waals surface area contributed by atoms with Gasteiger partial charge in [-0.15, -0.1) is 0 Å². The fraction of sp³-hybridized carbons (Fsp3) is 0.778. The summed E-state index contributed by atoms with van der Waals surface area (Å²) >= 11 is 1.28. The zero-order chi connectivity index (χ0) is 9.31. The molecule has 1 aliphatic rings. The van der Waals surface area contributed by atoms with Gasteiger partial charge in [0, 0.05) is 12.6 Å². The van der Waals surface area contributed by atoms with Gasteiger partial charge >= 0.3 is 0 Å². The molecule has 0 bridgehead atoms. The van der Waals surface area contributed by atoms with Gasteiger partial charge in [-0.1, -0.05) is 13.8 Å². The van der Waals surface area contributed by atoms with E-state index in [9.17, 15) is 0 Å². The van der Waals surface area contributed by atoms with Crippen molar-refractivity contribution in [1.29, 1.82) is 0 Å². The van der Waals surface area contributed by atoms with E-state index in [1.807, 2.05) is 6.20 Å². The molecule has 2 rings (SSSR count). The third-order valence-electron chi connectivity index (χ3n) is 2.58. The minimum Gasteiger partial charge on any atom is -0.308 e. The minimum atomic E-state index is 0.554. The van der Waals surface area contributed by atoms with Crippen molar-refractivity contribution in [2.24, 2.45) is 5.41 Å². The van der Waals surface area contributed by atoms with Gasteiger partial charge in [0.05, 0.1) is 23.6 Å². The Bertz CT molecular complexity index is 260. The first-order valence-corrected chi connectivity index (χ1v) is 5.39. The van der Waals surface area contributed by atoms with Gasteiger partial charge in [0.15, 0.2) is 0 Å². The zero-order valence-corrected chi connectivity index (χ0v) is 8.90. The number of nitrogens with zero attached hydrogens (tertiary/aromatic N) is 2. The second kappa shape index (κ2) is 3.35. The van der Waals surface area contributed by atoms with Gasteiger partial charge in [0.1, 0.15) is 0 Å². The quantitative estimate of drug-likeness (QED) is 0.803. The van der Waals surface area contributed by atoms with Crippen molar-refractivity contribution in [3.05, 3.63) is 11.9 Å². The van der Waals surface area contributed by atoms with E-state index < -0.39 is 0 Å². The molecule has 1 fully saturated rings. The fourth-order valence-corrected chi connectivity index (χ4v) is 2.36. The van der Waals surface area contributed by atoms with Crippen molar-refractivity contribution in [1.82, 2.24) is 14.1 Å². The summed E-state index contributed by atoms with van der Waals surface area (Å²) < 4.78 is 8.11. The van der Waals surface area contributed by atoms with Crippen LogP contribution in [0.5, 0.6) is 0 Å². The van der Waals surface area contributed by atoms with E-state index in [1.165, 1.54) is 24.6 Å². The van der Waals surface area contributed by atoms with Crippen LogP contribution in [-0.2, 0) is 6.54 Å². The summed E-state index contributed by atoms with van der Waals surface area (Å²) in [5.41, 5.74) is 1.62. The van der Waals surface area contributed by atoms with E-state index in [1.54, 1.807) is 0 Å². The largest absolute Gasteiger partial charge is 0.308 e. The van der Waals surface area contributed by atoms with E-state index >= 15 is 0 Å². The van der Waals surface area contributed by atoms with Gasteiger partial charge < -0.3 is 5.32 Å². The zero-order valence-electron chi connectivity index (χ0n) is 8.08. The molecule has 0 saturated heterocycles. The summed E-state index contributed by atoms with van der Waals surface area (Å²) in [6, 6.07) is 0.691. The van der Waals surface area contributed by atoms with Gasteiger partial charge in [-0.2, -0.15) is 8.75 Å². The van der Waals surface area contributed by atoms with Gasteiger partial charge in [-0.3, -0.25) is 0 Å². The molecule has 0 amide bonds. The molecule has 0 aliphatic heterocycles. The molecule has 0 aromatic carbocycles. The SMILES string of the molecule is CC1(C)CC(NCc2cnsn2)C1. The van der Waals surface area contributed by atoms with Crippen molar-refractivity contribution in [3.63, 3.8) is 0 Å². The van der Waals surface area contributed by atoms with Crippen molar-refractivity contribution >= 4 is 11.7 Å². The molecule has 0 spiro atoms. The van der Waals surface area contributed by atoms with Gasteiger partial charge in [-0.25, -0.2) is 0 Å². The highest BCUT2D eigenvalue weighted by atomic mass is 32.1. The number of hydrogen-bond donors (Lipinski definition) is 1. The molecule has 4 heteroatoms. The second-order valence-corrected chi connectivity index (χ2v) is 5.11. The number of hydrogen-bond acceptors (Lipinski definition) is 4. The molecule has 1 aliphatic carbocycles. The Labute approximate surface area is 82.9 Å². The molecule has 0 radical (unpaired) electrons. The van der Waals surface area contributed by atoms with Crippen molar-refractivity contribution in [2.45, 2.75) is 39.3 Å². The van der Waals surface area contributed by atoms with Crippen LogP contribution >= 0.6 is 11.7 Å². The molecule has 1 N–H and O–H groups in total. The third kappa shape index (κ3) is 2.25. The van der Waals surface area contributed by atoms with E-state index in [2.05, 4.69) is 27.9 Å². The Morgan fingerprint density at radius 3 is 2.92 bits per heavy atom. The number of rotatable bonds is 3. The molecule has 1 aromatic heterocycles. The molecule has 0 unspecified atom stereocenters. The Hall–Kier alpha value is -0.480. The van der Waals surface area contributed by atoms with E-state index in [0.717, 1.165) is 12.2 Å². The van der Waals surface area contributed by atoms with Crippen LogP contribution in [0.3, 0.4) is 0 Å². The minimum absolute atomic E-state index is 0.554. The molecule has 72 valence electrons. The fourth-order valence-electron chi connectivity index (χ4n) is 1.93. The highest BCUT2D eigenvalue weighted by Gasteiger charge is 2.35. The highest BCUT2D eigenvalue weighted by molar-refractivity contribution is 6.99. The highest BCUT2D eigenvalue weighted by Crippen LogP contribution is 2.39. The molecule has 1 heterocycles. The lowest BCUT2D eigenvalue weighted by atomic mass is 9.68. The van der Waals surface area contributed by atoms with Crippen LogP contribution in [0, 0.1) is 5.41 Å². The molecule has 13 heavy (non-hydrogen) atoms. The summed E-state index contributed by atoms with van der Waals surface area (Å²) in [6.45, 7) is 5.50. The Morgan fingerprint density at radius 1 is 1.62 bits per heavy atom. The molecule has 1 aromatic rings. The van der Waals surface area contributed by atoms with E-state index in [4.69, 9.17) is 0 Å². The molecule has 3 nitrogen and oxygen atoms in total. The van der Waals surface area contributed by atoms with Crippen LogP contribution in [0.2, 0.25) is 0 Å². The van der Waals surface area contributed by atoms with Crippen LogP contribution in [-0.4, -0.2) is 14.8 Å². The van der Waals surface area contributed by atoms with Crippen LogP contribution in [0.4, 0.5) is 0 Å². The maximum atomic E-state index is 4.15. The summed E-state index contributed by atoms with van der Waals surface area (Å²) in [6.07, 6.45) is 4.40. The first-order valence-electron chi connectivity index (χ1n) is 4.66. The van der Waals surface area contributed by atoms with Gasteiger partial charge in [0.25, 0.3) is 0 Å². The average molecular weight is 197 g/mol. The number of aromatic nitrogens is 2. The smallest absolute Gasteiger partial charge is 0.0880 e. The summed E-state index contributed by atoms with van der Waals surface area (Å²) in [7, 11) is 0. The summed E-state index contributed by atoms with van der Waals surface area (Å²) in [5, 5.41) is 3.48.